The summed E-state index contributed by atoms with van der Waals surface area (Å²) in [7, 11) is 1.53. The third kappa shape index (κ3) is 5.84. The SMILES string of the molecule is COc1ccc(C[C@H](NC(=O)CC(c2ccccc2)(c2ccccc2)c2ccccc2)C(N)=O)cc1Cl. The van der Waals surface area contributed by atoms with Gasteiger partial charge in [0, 0.05) is 12.8 Å². The van der Waals surface area contributed by atoms with Crippen LogP contribution in [0.15, 0.2) is 109 Å². The molecule has 0 heterocycles. The van der Waals surface area contributed by atoms with E-state index < -0.39 is 17.4 Å². The largest absolute Gasteiger partial charge is 0.495 e. The number of amides is 2. The Hall–Kier alpha value is -4.09. The summed E-state index contributed by atoms with van der Waals surface area (Å²) in [6, 6.07) is 34.1. The smallest absolute Gasteiger partial charge is 0.240 e. The van der Waals surface area contributed by atoms with E-state index in [-0.39, 0.29) is 18.7 Å². The maximum atomic E-state index is 13.7. The number of hydrogen-bond donors (Lipinski definition) is 2. The standard InChI is InChI=1S/C31H29ClN2O3/c1-37-28-18-17-22(19-26(28)32)20-27(30(33)36)34-29(35)21-31(23-11-5-2-6-12-23,24-13-7-3-8-14-24)25-15-9-4-10-16-25/h2-19,27H,20-21H2,1H3,(H2,33,36)(H,34,35)/t27-/m0/s1. The third-order valence-electron chi connectivity index (χ3n) is 6.56. The highest BCUT2D eigenvalue weighted by Gasteiger charge is 2.39. The number of primary amides is 1. The molecule has 2 amide bonds. The third-order valence-corrected chi connectivity index (χ3v) is 6.86. The van der Waals surface area contributed by atoms with E-state index in [0.717, 1.165) is 22.3 Å². The Labute approximate surface area is 222 Å². The molecule has 6 heteroatoms. The zero-order chi connectivity index (χ0) is 26.3. The summed E-state index contributed by atoms with van der Waals surface area (Å²) in [4.78, 5) is 26.1. The van der Waals surface area contributed by atoms with E-state index in [2.05, 4.69) is 5.32 Å². The second-order valence-electron chi connectivity index (χ2n) is 8.88. The number of halogens is 1. The van der Waals surface area contributed by atoms with Gasteiger partial charge in [-0.05, 0) is 34.4 Å². The monoisotopic (exact) mass is 512 g/mol. The quantitative estimate of drug-likeness (QED) is 0.283. The summed E-state index contributed by atoms with van der Waals surface area (Å²) >= 11 is 6.26. The van der Waals surface area contributed by atoms with Crippen molar-refractivity contribution in [2.75, 3.05) is 7.11 Å². The number of nitrogens with one attached hydrogen (secondary N) is 1. The van der Waals surface area contributed by atoms with Gasteiger partial charge in [0.2, 0.25) is 11.8 Å². The summed E-state index contributed by atoms with van der Waals surface area (Å²) < 4.78 is 5.20. The lowest BCUT2D eigenvalue weighted by atomic mass is 9.67. The van der Waals surface area contributed by atoms with Gasteiger partial charge in [-0.3, -0.25) is 9.59 Å². The van der Waals surface area contributed by atoms with Crippen LogP contribution in [0.5, 0.6) is 5.75 Å². The van der Waals surface area contributed by atoms with Gasteiger partial charge in [-0.2, -0.15) is 0 Å². The van der Waals surface area contributed by atoms with E-state index in [4.69, 9.17) is 22.1 Å². The molecule has 0 bridgehead atoms. The van der Waals surface area contributed by atoms with Crippen LogP contribution in [-0.2, 0) is 21.4 Å². The van der Waals surface area contributed by atoms with Gasteiger partial charge < -0.3 is 15.8 Å². The molecule has 0 aliphatic heterocycles. The number of nitrogens with two attached hydrogens (primary N) is 1. The van der Waals surface area contributed by atoms with Crippen LogP contribution < -0.4 is 15.8 Å². The molecule has 0 saturated heterocycles. The molecule has 0 aromatic heterocycles. The second kappa shape index (κ2) is 11.8. The molecule has 0 unspecified atom stereocenters. The fourth-order valence-electron chi connectivity index (χ4n) is 4.76. The molecule has 3 N–H and O–H groups in total. The van der Waals surface area contributed by atoms with Gasteiger partial charge in [-0.25, -0.2) is 0 Å². The van der Waals surface area contributed by atoms with Crippen LogP contribution in [-0.4, -0.2) is 25.0 Å². The Morgan fingerprint density at radius 3 is 1.73 bits per heavy atom. The molecule has 0 radical (unpaired) electrons. The lowest BCUT2D eigenvalue weighted by Gasteiger charge is -2.36. The van der Waals surface area contributed by atoms with E-state index in [1.54, 1.807) is 18.2 Å². The zero-order valence-corrected chi connectivity index (χ0v) is 21.3. The van der Waals surface area contributed by atoms with Gasteiger partial charge in [0.05, 0.1) is 17.5 Å². The molecular formula is C31H29ClN2O3. The molecule has 1 atom stereocenters. The summed E-state index contributed by atoms with van der Waals surface area (Å²) in [5, 5.41) is 3.31. The van der Waals surface area contributed by atoms with Crippen molar-refractivity contribution >= 4 is 23.4 Å². The molecule has 37 heavy (non-hydrogen) atoms. The van der Waals surface area contributed by atoms with E-state index >= 15 is 0 Å². The Morgan fingerprint density at radius 1 is 0.838 bits per heavy atom. The van der Waals surface area contributed by atoms with E-state index in [1.165, 1.54) is 7.11 Å². The number of carbonyl (C=O) groups is 2. The number of carbonyl (C=O) groups excluding carboxylic acids is 2. The Morgan fingerprint density at radius 2 is 1.32 bits per heavy atom. The zero-order valence-electron chi connectivity index (χ0n) is 20.6. The molecule has 0 fully saturated rings. The van der Waals surface area contributed by atoms with E-state index in [1.807, 2.05) is 91.0 Å². The van der Waals surface area contributed by atoms with Crippen LogP contribution in [0.3, 0.4) is 0 Å². The normalized spacial score (nSPS) is 11.9. The number of benzene rings is 4. The number of methoxy groups -OCH3 is 1. The van der Waals surface area contributed by atoms with Crippen molar-refractivity contribution in [2.24, 2.45) is 5.73 Å². The second-order valence-corrected chi connectivity index (χ2v) is 9.28. The lowest BCUT2D eigenvalue weighted by molar-refractivity contribution is -0.127. The summed E-state index contributed by atoms with van der Waals surface area (Å²) in [6.45, 7) is 0. The van der Waals surface area contributed by atoms with Crippen LogP contribution in [0, 0.1) is 0 Å². The molecule has 0 aliphatic rings. The first-order valence-corrected chi connectivity index (χ1v) is 12.4. The molecule has 5 nitrogen and oxygen atoms in total. The average molecular weight is 513 g/mol. The predicted octanol–water partition coefficient (Wildman–Crippen LogP) is 5.29. The van der Waals surface area contributed by atoms with Crippen molar-refractivity contribution in [3.8, 4) is 5.75 Å². The fourth-order valence-corrected chi connectivity index (χ4v) is 5.04. The molecule has 4 aromatic rings. The highest BCUT2D eigenvalue weighted by Crippen LogP contribution is 2.42. The lowest BCUT2D eigenvalue weighted by Crippen LogP contribution is -2.48. The molecule has 0 saturated carbocycles. The molecule has 188 valence electrons. The van der Waals surface area contributed by atoms with E-state index in [9.17, 15) is 9.59 Å². The fraction of sp³-hybridized carbons (Fsp3) is 0.161. The maximum Gasteiger partial charge on any atom is 0.240 e. The van der Waals surface area contributed by atoms with Crippen molar-refractivity contribution in [1.82, 2.24) is 5.32 Å². The van der Waals surface area contributed by atoms with Gasteiger partial charge >= 0.3 is 0 Å². The minimum atomic E-state index is -0.906. The summed E-state index contributed by atoms with van der Waals surface area (Å²) in [6.07, 6.45) is 0.290. The summed E-state index contributed by atoms with van der Waals surface area (Å²) in [5.41, 5.74) is 8.61. The highest BCUT2D eigenvalue weighted by molar-refractivity contribution is 6.32. The van der Waals surface area contributed by atoms with Crippen molar-refractivity contribution in [3.05, 3.63) is 136 Å². The molecule has 4 rings (SSSR count). The van der Waals surface area contributed by atoms with E-state index in [0.29, 0.717) is 10.8 Å². The minimum Gasteiger partial charge on any atom is -0.495 e. The van der Waals surface area contributed by atoms with Crippen LogP contribution >= 0.6 is 11.6 Å². The van der Waals surface area contributed by atoms with Gasteiger partial charge in [0.15, 0.2) is 0 Å². The van der Waals surface area contributed by atoms with Crippen LogP contribution in [0.4, 0.5) is 0 Å². The van der Waals surface area contributed by atoms with Crippen molar-refractivity contribution in [3.63, 3.8) is 0 Å². The van der Waals surface area contributed by atoms with Gasteiger partial charge in [0.25, 0.3) is 0 Å². The number of ether oxygens (including phenoxy) is 1. The Balaban J connectivity index is 1.70. The average Bonchev–Trinajstić information content (AvgIpc) is 2.93. The Bertz CT molecular complexity index is 1250. The first kappa shape index (κ1) is 26.0. The number of hydrogen-bond acceptors (Lipinski definition) is 3. The minimum absolute atomic E-state index is 0.0815. The van der Waals surface area contributed by atoms with Gasteiger partial charge in [-0.15, -0.1) is 0 Å². The predicted molar refractivity (Wildman–Crippen MR) is 147 cm³/mol. The Kier molecular flexibility index (Phi) is 8.26. The first-order chi connectivity index (χ1) is 17.9. The number of rotatable bonds is 10. The molecule has 0 spiro atoms. The highest BCUT2D eigenvalue weighted by atomic mass is 35.5. The van der Waals surface area contributed by atoms with Crippen molar-refractivity contribution in [2.45, 2.75) is 24.3 Å². The topological polar surface area (TPSA) is 81.4 Å². The molecule has 0 aliphatic carbocycles. The van der Waals surface area contributed by atoms with Crippen molar-refractivity contribution in [1.29, 1.82) is 0 Å². The summed E-state index contributed by atoms with van der Waals surface area (Å²) in [5.74, 6) is -0.381. The first-order valence-electron chi connectivity index (χ1n) is 12.0. The van der Waals surface area contributed by atoms with Crippen LogP contribution in [0.25, 0.3) is 0 Å². The van der Waals surface area contributed by atoms with Crippen molar-refractivity contribution < 1.29 is 14.3 Å². The van der Waals surface area contributed by atoms with Crippen LogP contribution in [0.1, 0.15) is 28.7 Å². The van der Waals surface area contributed by atoms with Gasteiger partial charge in [0.1, 0.15) is 11.8 Å². The van der Waals surface area contributed by atoms with Crippen LogP contribution in [0.2, 0.25) is 5.02 Å². The molecular weight excluding hydrogens is 484 g/mol. The molecule has 4 aromatic carbocycles. The van der Waals surface area contributed by atoms with Gasteiger partial charge in [-0.1, -0.05) is 109 Å². The maximum absolute atomic E-state index is 13.7.